The number of hydrogen-bond donors (Lipinski definition) is 0. The number of likely N-dealkylation sites (tertiary alicyclic amines) is 1. The molecule has 98 valence electrons. The Labute approximate surface area is 112 Å². The molecule has 1 aromatic heterocycles. The first-order valence-electron chi connectivity index (χ1n) is 6.68. The molecule has 4 nitrogen and oxygen atoms in total. The van der Waals surface area contributed by atoms with Crippen molar-refractivity contribution < 1.29 is 4.79 Å². The quantitative estimate of drug-likeness (QED) is 0.843. The smallest absolute Gasteiger partial charge is 0.253 e. The maximum atomic E-state index is 12.2. The summed E-state index contributed by atoms with van der Waals surface area (Å²) < 4.78 is 1.87. The van der Waals surface area contributed by atoms with Crippen LogP contribution in [0.5, 0.6) is 0 Å². The Hall–Kier alpha value is -2.10. The van der Waals surface area contributed by atoms with Gasteiger partial charge in [0.05, 0.1) is 6.54 Å². The molecule has 0 unspecified atom stereocenters. The highest BCUT2D eigenvalue weighted by molar-refractivity contribution is 5.94. The second-order valence-corrected chi connectivity index (χ2v) is 4.90. The molecule has 0 saturated carbocycles. The largest absolute Gasteiger partial charge is 0.339 e. The molecule has 0 spiro atoms. The van der Waals surface area contributed by atoms with Crippen LogP contribution in [0.1, 0.15) is 28.8 Å². The van der Waals surface area contributed by atoms with Crippen molar-refractivity contribution in [3.8, 4) is 0 Å². The van der Waals surface area contributed by atoms with Crippen molar-refractivity contribution in [1.29, 1.82) is 0 Å². The SMILES string of the molecule is O=C(c1ccc(Cn2cccn2)cc1)N1CCCC1. The Morgan fingerprint density at radius 2 is 1.89 bits per heavy atom. The molecule has 0 aliphatic carbocycles. The topological polar surface area (TPSA) is 38.1 Å². The molecule has 4 heteroatoms. The number of rotatable bonds is 3. The Bertz CT molecular complexity index is 539. The molecule has 0 atom stereocenters. The van der Waals surface area contributed by atoms with Gasteiger partial charge in [0.2, 0.25) is 0 Å². The minimum absolute atomic E-state index is 0.156. The molecule has 1 aliphatic heterocycles. The molecule has 1 fully saturated rings. The third-order valence-corrected chi connectivity index (χ3v) is 3.50. The lowest BCUT2D eigenvalue weighted by molar-refractivity contribution is 0.0793. The van der Waals surface area contributed by atoms with E-state index >= 15 is 0 Å². The molecular weight excluding hydrogens is 238 g/mol. The highest BCUT2D eigenvalue weighted by Gasteiger charge is 2.18. The monoisotopic (exact) mass is 255 g/mol. The second kappa shape index (κ2) is 5.26. The van der Waals surface area contributed by atoms with Gasteiger partial charge in [0.25, 0.3) is 5.91 Å². The lowest BCUT2D eigenvalue weighted by Crippen LogP contribution is -2.27. The Kier molecular flexibility index (Phi) is 3.31. The van der Waals surface area contributed by atoms with Crippen molar-refractivity contribution in [2.45, 2.75) is 19.4 Å². The fraction of sp³-hybridized carbons (Fsp3) is 0.333. The Morgan fingerprint density at radius 1 is 1.16 bits per heavy atom. The molecular formula is C15H17N3O. The summed E-state index contributed by atoms with van der Waals surface area (Å²) in [5, 5.41) is 4.17. The molecule has 3 rings (SSSR count). The zero-order valence-electron chi connectivity index (χ0n) is 10.8. The summed E-state index contributed by atoms with van der Waals surface area (Å²) in [4.78, 5) is 14.1. The van der Waals surface area contributed by atoms with Gasteiger partial charge in [0.1, 0.15) is 0 Å². The van der Waals surface area contributed by atoms with Crippen molar-refractivity contribution in [1.82, 2.24) is 14.7 Å². The zero-order chi connectivity index (χ0) is 13.1. The van der Waals surface area contributed by atoms with Crippen LogP contribution in [0.2, 0.25) is 0 Å². The number of amides is 1. The van der Waals surface area contributed by atoms with E-state index in [9.17, 15) is 4.79 Å². The zero-order valence-corrected chi connectivity index (χ0v) is 10.8. The summed E-state index contributed by atoms with van der Waals surface area (Å²) in [6.45, 7) is 2.53. The van der Waals surface area contributed by atoms with E-state index < -0.39 is 0 Å². The first-order valence-corrected chi connectivity index (χ1v) is 6.68. The summed E-state index contributed by atoms with van der Waals surface area (Å²) in [5.74, 6) is 0.156. The predicted octanol–water partition coefficient (Wildman–Crippen LogP) is 2.17. The van der Waals surface area contributed by atoms with E-state index in [0.717, 1.165) is 43.6 Å². The third kappa shape index (κ3) is 2.67. The van der Waals surface area contributed by atoms with Crippen LogP contribution < -0.4 is 0 Å². The lowest BCUT2D eigenvalue weighted by atomic mass is 10.1. The van der Waals surface area contributed by atoms with E-state index in [-0.39, 0.29) is 5.91 Å². The van der Waals surface area contributed by atoms with Gasteiger partial charge in [-0.25, -0.2) is 0 Å². The van der Waals surface area contributed by atoms with Gasteiger partial charge in [-0.1, -0.05) is 12.1 Å². The summed E-state index contributed by atoms with van der Waals surface area (Å²) in [6, 6.07) is 9.75. The molecule has 0 N–H and O–H groups in total. The molecule has 1 amide bonds. The van der Waals surface area contributed by atoms with E-state index in [1.165, 1.54) is 0 Å². The molecule has 19 heavy (non-hydrogen) atoms. The minimum Gasteiger partial charge on any atom is -0.339 e. The summed E-state index contributed by atoms with van der Waals surface area (Å²) in [6.07, 6.45) is 5.96. The number of nitrogens with zero attached hydrogens (tertiary/aromatic N) is 3. The highest BCUT2D eigenvalue weighted by Crippen LogP contribution is 2.14. The van der Waals surface area contributed by atoms with E-state index in [1.807, 2.05) is 46.1 Å². The Balaban J connectivity index is 1.69. The molecule has 1 aromatic carbocycles. The predicted molar refractivity (Wildman–Crippen MR) is 72.9 cm³/mol. The van der Waals surface area contributed by atoms with Gasteiger partial charge < -0.3 is 4.90 Å². The first-order chi connectivity index (χ1) is 9.33. The van der Waals surface area contributed by atoms with Gasteiger partial charge in [-0.15, -0.1) is 0 Å². The molecule has 1 saturated heterocycles. The summed E-state index contributed by atoms with van der Waals surface area (Å²) in [7, 11) is 0. The van der Waals surface area contributed by atoms with Crippen LogP contribution in [-0.4, -0.2) is 33.7 Å². The second-order valence-electron chi connectivity index (χ2n) is 4.90. The average Bonchev–Trinajstić information content (AvgIpc) is 3.12. The van der Waals surface area contributed by atoms with Crippen LogP contribution in [-0.2, 0) is 6.54 Å². The van der Waals surface area contributed by atoms with E-state index in [4.69, 9.17) is 0 Å². The number of hydrogen-bond acceptors (Lipinski definition) is 2. The van der Waals surface area contributed by atoms with Gasteiger partial charge in [-0.3, -0.25) is 9.48 Å². The van der Waals surface area contributed by atoms with Crippen LogP contribution in [0.15, 0.2) is 42.7 Å². The van der Waals surface area contributed by atoms with Gasteiger partial charge in [-0.2, -0.15) is 5.10 Å². The lowest BCUT2D eigenvalue weighted by Gasteiger charge is -2.15. The van der Waals surface area contributed by atoms with Gasteiger partial charge in [0.15, 0.2) is 0 Å². The summed E-state index contributed by atoms with van der Waals surface area (Å²) in [5.41, 5.74) is 1.94. The van der Waals surface area contributed by atoms with Crippen LogP contribution in [0.25, 0.3) is 0 Å². The minimum atomic E-state index is 0.156. The van der Waals surface area contributed by atoms with Crippen molar-refractivity contribution in [2.24, 2.45) is 0 Å². The number of aromatic nitrogens is 2. The van der Waals surface area contributed by atoms with E-state index in [2.05, 4.69) is 5.10 Å². The van der Waals surface area contributed by atoms with Gasteiger partial charge in [-0.05, 0) is 36.6 Å². The maximum absolute atomic E-state index is 12.2. The molecule has 2 heterocycles. The first kappa shape index (κ1) is 12.0. The average molecular weight is 255 g/mol. The fourth-order valence-electron chi connectivity index (χ4n) is 2.44. The van der Waals surface area contributed by atoms with Crippen LogP contribution in [0, 0.1) is 0 Å². The van der Waals surface area contributed by atoms with Crippen molar-refractivity contribution in [2.75, 3.05) is 13.1 Å². The van der Waals surface area contributed by atoms with E-state index in [1.54, 1.807) is 6.20 Å². The van der Waals surface area contributed by atoms with Crippen LogP contribution in [0.3, 0.4) is 0 Å². The molecule has 0 radical (unpaired) electrons. The Morgan fingerprint density at radius 3 is 2.53 bits per heavy atom. The van der Waals surface area contributed by atoms with Gasteiger partial charge in [0, 0.05) is 31.0 Å². The fourth-order valence-corrected chi connectivity index (χ4v) is 2.44. The number of benzene rings is 1. The van der Waals surface area contributed by atoms with Gasteiger partial charge >= 0.3 is 0 Å². The maximum Gasteiger partial charge on any atom is 0.253 e. The van der Waals surface area contributed by atoms with Crippen molar-refractivity contribution in [3.63, 3.8) is 0 Å². The summed E-state index contributed by atoms with van der Waals surface area (Å²) >= 11 is 0. The number of carbonyl (C=O) groups excluding carboxylic acids is 1. The number of carbonyl (C=O) groups is 1. The highest BCUT2D eigenvalue weighted by atomic mass is 16.2. The van der Waals surface area contributed by atoms with Crippen LogP contribution in [0.4, 0.5) is 0 Å². The molecule has 2 aromatic rings. The van der Waals surface area contributed by atoms with Crippen LogP contribution >= 0.6 is 0 Å². The van der Waals surface area contributed by atoms with Crippen molar-refractivity contribution >= 4 is 5.91 Å². The molecule has 0 bridgehead atoms. The van der Waals surface area contributed by atoms with Crippen molar-refractivity contribution in [3.05, 3.63) is 53.9 Å². The normalized spacial score (nSPS) is 14.8. The van der Waals surface area contributed by atoms with E-state index in [0.29, 0.717) is 0 Å². The molecule has 1 aliphatic rings. The standard InChI is InChI=1S/C15H17N3O/c19-15(17-9-1-2-10-17)14-6-4-13(5-7-14)12-18-11-3-8-16-18/h3-8,11H,1-2,9-10,12H2. The third-order valence-electron chi connectivity index (χ3n) is 3.50.